The van der Waals surface area contributed by atoms with Gasteiger partial charge in [0.25, 0.3) is 11.6 Å². The van der Waals surface area contributed by atoms with E-state index in [1.807, 2.05) is 0 Å². The molecule has 0 spiro atoms. The summed E-state index contributed by atoms with van der Waals surface area (Å²) < 4.78 is 0. The molecule has 1 aliphatic heterocycles. The summed E-state index contributed by atoms with van der Waals surface area (Å²) in [6, 6.07) is 5.86. The van der Waals surface area contributed by atoms with Gasteiger partial charge in [-0.3, -0.25) is 24.7 Å². The number of carbonyl (C=O) groups excluding carboxylic acids is 2. The zero-order valence-corrected chi connectivity index (χ0v) is 13.1. The SMILES string of the molecule is C=CCC1C(=O)Nc2cc(NC(=O)c3cccnc3)c([N+](=O)[O-])cc21. The third-order valence-corrected chi connectivity index (χ3v) is 3.89. The molecule has 1 unspecified atom stereocenters. The number of pyridine rings is 1. The number of benzene rings is 1. The van der Waals surface area contributed by atoms with E-state index in [-0.39, 0.29) is 22.8 Å². The number of anilines is 2. The van der Waals surface area contributed by atoms with Gasteiger partial charge >= 0.3 is 0 Å². The van der Waals surface area contributed by atoms with Gasteiger partial charge in [-0.2, -0.15) is 0 Å². The molecule has 2 aromatic rings. The number of nitrogens with zero attached hydrogens (tertiary/aromatic N) is 2. The van der Waals surface area contributed by atoms with Gasteiger partial charge in [0.1, 0.15) is 5.69 Å². The fourth-order valence-electron chi connectivity index (χ4n) is 2.71. The van der Waals surface area contributed by atoms with Crippen molar-refractivity contribution in [1.82, 2.24) is 4.98 Å². The molecule has 1 aliphatic rings. The Morgan fingerprint density at radius 3 is 2.92 bits per heavy atom. The second-order valence-corrected chi connectivity index (χ2v) is 5.48. The average Bonchev–Trinajstić information content (AvgIpc) is 2.90. The summed E-state index contributed by atoms with van der Waals surface area (Å²) in [4.78, 5) is 38.9. The molecule has 0 saturated carbocycles. The summed E-state index contributed by atoms with van der Waals surface area (Å²) >= 11 is 0. The number of nitro groups is 1. The highest BCUT2D eigenvalue weighted by atomic mass is 16.6. The van der Waals surface area contributed by atoms with Crippen LogP contribution in [0.3, 0.4) is 0 Å². The predicted molar refractivity (Wildman–Crippen MR) is 91.5 cm³/mol. The molecular formula is C17H14N4O4. The summed E-state index contributed by atoms with van der Waals surface area (Å²) in [7, 11) is 0. The molecule has 1 aromatic heterocycles. The Morgan fingerprint density at radius 2 is 2.28 bits per heavy atom. The van der Waals surface area contributed by atoms with E-state index in [2.05, 4.69) is 22.2 Å². The number of hydrogen-bond donors (Lipinski definition) is 2. The van der Waals surface area contributed by atoms with Gasteiger partial charge in [-0.15, -0.1) is 6.58 Å². The fourth-order valence-corrected chi connectivity index (χ4v) is 2.71. The number of fused-ring (bicyclic) bond motifs is 1. The molecule has 2 heterocycles. The van der Waals surface area contributed by atoms with Gasteiger partial charge in [-0.1, -0.05) is 6.08 Å². The molecule has 1 atom stereocenters. The second kappa shape index (κ2) is 6.52. The molecule has 0 bridgehead atoms. The molecule has 8 heteroatoms. The number of hydrogen-bond acceptors (Lipinski definition) is 5. The summed E-state index contributed by atoms with van der Waals surface area (Å²) in [6.45, 7) is 3.60. The van der Waals surface area contributed by atoms with E-state index in [0.717, 1.165) is 0 Å². The predicted octanol–water partition coefficient (Wildman–Crippen LogP) is 2.85. The van der Waals surface area contributed by atoms with Crippen molar-refractivity contribution in [2.24, 2.45) is 0 Å². The number of nitrogens with one attached hydrogen (secondary N) is 2. The standard InChI is InChI=1S/C17H14N4O4/c1-2-4-11-12-7-15(21(24)25)14(8-13(12)19-17(11)23)20-16(22)10-5-3-6-18-9-10/h2-3,5-9,11H,1,4H2,(H,19,23)(H,20,22). The van der Waals surface area contributed by atoms with Crippen molar-refractivity contribution in [3.63, 3.8) is 0 Å². The van der Waals surface area contributed by atoms with Crippen molar-refractivity contribution in [2.45, 2.75) is 12.3 Å². The van der Waals surface area contributed by atoms with Crippen molar-refractivity contribution in [3.8, 4) is 0 Å². The Labute approximate surface area is 142 Å². The van der Waals surface area contributed by atoms with Crippen LogP contribution < -0.4 is 10.6 Å². The summed E-state index contributed by atoms with van der Waals surface area (Å²) in [5, 5.41) is 16.6. The van der Waals surface area contributed by atoms with Crippen LogP contribution in [0.5, 0.6) is 0 Å². The van der Waals surface area contributed by atoms with Gasteiger partial charge in [0, 0.05) is 24.1 Å². The topological polar surface area (TPSA) is 114 Å². The van der Waals surface area contributed by atoms with Crippen LogP contribution in [-0.4, -0.2) is 21.7 Å². The number of carbonyl (C=O) groups is 2. The van der Waals surface area contributed by atoms with E-state index in [0.29, 0.717) is 17.7 Å². The Balaban J connectivity index is 1.99. The molecule has 0 fully saturated rings. The Bertz CT molecular complexity index is 880. The summed E-state index contributed by atoms with van der Waals surface area (Å²) in [5.74, 6) is -1.29. The maximum atomic E-state index is 12.2. The minimum absolute atomic E-state index is 0.0113. The molecule has 126 valence electrons. The van der Waals surface area contributed by atoms with Crippen molar-refractivity contribution >= 4 is 28.9 Å². The van der Waals surface area contributed by atoms with Gasteiger partial charge < -0.3 is 10.6 Å². The van der Waals surface area contributed by atoms with Gasteiger partial charge in [0.2, 0.25) is 5.91 Å². The van der Waals surface area contributed by atoms with Crippen LogP contribution in [0.2, 0.25) is 0 Å². The Morgan fingerprint density at radius 1 is 1.48 bits per heavy atom. The van der Waals surface area contributed by atoms with Gasteiger partial charge in [-0.25, -0.2) is 0 Å². The Hall–Kier alpha value is -3.55. The lowest BCUT2D eigenvalue weighted by Gasteiger charge is -2.09. The maximum Gasteiger partial charge on any atom is 0.293 e. The van der Waals surface area contributed by atoms with Crippen LogP contribution >= 0.6 is 0 Å². The quantitative estimate of drug-likeness (QED) is 0.494. The van der Waals surface area contributed by atoms with Crippen LogP contribution in [0.1, 0.15) is 28.3 Å². The van der Waals surface area contributed by atoms with Crippen molar-refractivity contribution in [2.75, 3.05) is 10.6 Å². The van der Waals surface area contributed by atoms with Crippen molar-refractivity contribution < 1.29 is 14.5 Å². The smallest absolute Gasteiger partial charge is 0.293 e. The van der Waals surface area contributed by atoms with Gasteiger partial charge in [-0.05, 0) is 30.2 Å². The number of rotatable bonds is 5. The highest BCUT2D eigenvalue weighted by Crippen LogP contribution is 2.41. The Kier molecular flexibility index (Phi) is 4.25. The average molecular weight is 338 g/mol. The van der Waals surface area contributed by atoms with E-state index in [1.165, 1.54) is 24.5 Å². The van der Waals surface area contributed by atoms with Crippen LogP contribution in [0, 0.1) is 10.1 Å². The first-order valence-electron chi connectivity index (χ1n) is 7.46. The molecule has 0 radical (unpaired) electrons. The van der Waals surface area contributed by atoms with E-state index in [9.17, 15) is 19.7 Å². The lowest BCUT2D eigenvalue weighted by atomic mass is 9.96. The van der Waals surface area contributed by atoms with E-state index >= 15 is 0 Å². The molecule has 2 amide bonds. The molecular weight excluding hydrogens is 324 g/mol. The normalized spacial score (nSPS) is 15.2. The molecule has 2 N–H and O–H groups in total. The molecule has 25 heavy (non-hydrogen) atoms. The first kappa shape index (κ1) is 16.3. The van der Waals surface area contributed by atoms with E-state index < -0.39 is 16.7 Å². The van der Waals surface area contributed by atoms with E-state index in [4.69, 9.17) is 0 Å². The minimum Gasteiger partial charge on any atom is -0.325 e. The van der Waals surface area contributed by atoms with Crippen LogP contribution in [0.15, 0.2) is 49.3 Å². The molecule has 1 aromatic carbocycles. The van der Waals surface area contributed by atoms with E-state index in [1.54, 1.807) is 18.2 Å². The monoisotopic (exact) mass is 338 g/mol. The lowest BCUT2D eigenvalue weighted by molar-refractivity contribution is -0.384. The third-order valence-electron chi connectivity index (χ3n) is 3.89. The minimum atomic E-state index is -0.590. The van der Waals surface area contributed by atoms with Gasteiger partial charge in [0.15, 0.2) is 0 Å². The lowest BCUT2D eigenvalue weighted by Crippen LogP contribution is -2.13. The number of amides is 2. The molecule has 0 saturated heterocycles. The van der Waals surface area contributed by atoms with Crippen molar-refractivity contribution in [1.29, 1.82) is 0 Å². The van der Waals surface area contributed by atoms with Crippen LogP contribution in [0.25, 0.3) is 0 Å². The second-order valence-electron chi connectivity index (χ2n) is 5.48. The first-order chi connectivity index (χ1) is 12.0. The number of aromatic nitrogens is 1. The maximum absolute atomic E-state index is 12.2. The highest BCUT2D eigenvalue weighted by Gasteiger charge is 2.33. The first-order valence-corrected chi connectivity index (χ1v) is 7.46. The summed E-state index contributed by atoms with van der Waals surface area (Å²) in [6.07, 6.45) is 4.83. The molecule has 3 rings (SSSR count). The van der Waals surface area contributed by atoms with Crippen LogP contribution in [0.4, 0.5) is 17.1 Å². The van der Waals surface area contributed by atoms with Crippen molar-refractivity contribution in [3.05, 3.63) is 70.6 Å². The third kappa shape index (κ3) is 3.09. The fraction of sp³-hybridized carbons (Fsp3) is 0.118. The van der Waals surface area contributed by atoms with Crippen LogP contribution in [-0.2, 0) is 4.79 Å². The zero-order chi connectivity index (χ0) is 18.0. The van der Waals surface area contributed by atoms with Gasteiger partial charge in [0.05, 0.1) is 16.4 Å². The zero-order valence-electron chi connectivity index (χ0n) is 13.1. The highest BCUT2D eigenvalue weighted by molar-refractivity contribution is 6.08. The number of nitro benzene ring substituents is 1. The number of allylic oxidation sites excluding steroid dienone is 1. The molecule has 0 aliphatic carbocycles. The summed E-state index contributed by atoms with van der Waals surface area (Å²) in [5.41, 5.74) is 0.976. The largest absolute Gasteiger partial charge is 0.325 e. The molecule has 8 nitrogen and oxygen atoms in total.